The molecule has 3 N–H and O–H groups in total. The molecule has 108 valence electrons. The summed E-state index contributed by atoms with van der Waals surface area (Å²) in [6, 6.07) is 2.58. The van der Waals surface area contributed by atoms with Crippen LogP contribution in [0.15, 0.2) is 17.0 Å². The number of hydrogen-bond donors (Lipinski definition) is 2. The molecule has 4 nitrogen and oxygen atoms in total. The minimum absolute atomic E-state index is 0.0245. The van der Waals surface area contributed by atoms with Crippen LogP contribution in [0.1, 0.15) is 13.3 Å². The largest absolute Gasteiger partial charge is 0.399 e. The van der Waals surface area contributed by atoms with Crippen LogP contribution in [0, 0.1) is 0 Å². The summed E-state index contributed by atoms with van der Waals surface area (Å²) in [7, 11) is -3.75. The summed E-state index contributed by atoms with van der Waals surface area (Å²) >= 11 is 13.4. The summed E-state index contributed by atoms with van der Waals surface area (Å²) in [5, 5.41) is 0.0491. The third-order valence-electron chi connectivity index (χ3n) is 2.47. The lowest BCUT2D eigenvalue weighted by Gasteiger charge is -2.17. The first-order valence-corrected chi connectivity index (χ1v) is 9.21. The van der Waals surface area contributed by atoms with Gasteiger partial charge in [0, 0.05) is 17.5 Å². The van der Waals surface area contributed by atoms with Crippen molar-refractivity contribution < 1.29 is 8.42 Å². The van der Waals surface area contributed by atoms with E-state index in [0.717, 1.165) is 0 Å². The molecule has 0 spiro atoms. The van der Waals surface area contributed by atoms with Crippen molar-refractivity contribution >= 4 is 50.7 Å². The van der Waals surface area contributed by atoms with Gasteiger partial charge in [-0.3, -0.25) is 0 Å². The van der Waals surface area contributed by atoms with Crippen LogP contribution in [0.3, 0.4) is 0 Å². The van der Waals surface area contributed by atoms with E-state index in [-0.39, 0.29) is 21.0 Å². The number of nitrogen functional groups attached to an aromatic ring is 1. The number of benzene rings is 1. The fourth-order valence-corrected chi connectivity index (χ4v) is 4.93. The Hall–Kier alpha value is -0.140. The second kappa shape index (κ2) is 7.04. The van der Waals surface area contributed by atoms with E-state index in [9.17, 15) is 8.42 Å². The fraction of sp³-hybridized carbons (Fsp3) is 0.455. The molecular weight excluding hydrogens is 327 g/mol. The molecule has 0 aliphatic carbocycles. The first-order chi connectivity index (χ1) is 8.81. The Bertz CT molecular complexity index is 527. The van der Waals surface area contributed by atoms with Gasteiger partial charge in [0.1, 0.15) is 4.90 Å². The molecule has 0 amide bonds. The van der Waals surface area contributed by atoms with Crippen LogP contribution in [0.5, 0.6) is 0 Å². The molecule has 0 bridgehead atoms. The van der Waals surface area contributed by atoms with Gasteiger partial charge >= 0.3 is 0 Å². The minimum Gasteiger partial charge on any atom is -0.399 e. The SMILES string of the molecule is CCC(CSC)NS(=O)(=O)c1c(Cl)cc(N)cc1Cl. The average molecular weight is 343 g/mol. The number of thioether (sulfide) groups is 1. The van der Waals surface area contributed by atoms with E-state index < -0.39 is 10.0 Å². The predicted octanol–water partition coefficient (Wildman–Crippen LogP) is 3.00. The van der Waals surface area contributed by atoms with Gasteiger partial charge in [-0.1, -0.05) is 30.1 Å². The Morgan fingerprint density at radius 2 is 1.89 bits per heavy atom. The quantitative estimate of drug-likeness (QED) is 0.779. The van der Waals surface area contributed by atoms with Gasteiger partial charge in [-0.05, 0) is 24.8 Å². The number of rotatable bonds is 6. The van der Waals surface area contributed by atoms with Crippen molar-refractivity contribution in [2.24, 2.45) is 0 Å². The minimum atomic E-state index is -3.75. The molecule has 19 heavy (non-hydrogen) atoms. The van der Waals surface area contributed by atoms with Crippen LogP contribution in [-0.4, -0.2) is 26.5 Å². The highest BCUT2D eigenvalue weighted by molar-refractivity contribution is 7.98. The summed E-state index contributed by atoms with van der Waals surface area (Å²) in [5.74, 6) is 0.680. The third kappa shape index (κ3) is 4.43. The number of sulfonamides is 1. The Kier molecular flexibility index (Phi) is 6.26. The summed E-state index contributed by atoms with van der Waals surface area (Å²) < 4.78 is 27.2. The standard InChI is InChI=1S/C11H16Cl2N2O2S2/c1-3-8(6-18-2)15-19(16,17)11-9(12)4-7(14)5-10(11)13/h4-5,8,15H,3,6,14H2,1-2H3. The van der Waals surface area contributed by atoms with Crippen LogP contribution in [0.4, 0.5) is 5.69 Å². The van der Waals surface area contributed by atoms with E-state index in [4.69, 9.17) is 28.9 Å². The molecule has 1 rings (SSSR count). The van der Waals surface area contributed by atoms with E-state index in [0.29, 0.717) is 17.9 Å². The molecule has 0 fully saturated rings. The molecule has 1 aromatic rings. The van der Waals surface area contributed by atoms with Crippen molar-refractivity contribution in [3.05, 3.63) is 22.2 Å². The van der Waals surface area contributed by atoms with Crippen molar-refractivity contribution in [1.82, 2.24) is 4.72 Å². The zero-order chi connectivity index (χ0) is 14.6. The maximum Gasteiger partial charge on any atom is 0.243 e. The van der Waals surface area contributed by atoms with Gasteiger partial charge in [0.25, 0.3) is 0 Å². The van der Waals surface area contributed by atoms with Gasteiger partial charge in [0.2, 0.25) is 10.0 Å². The van der Waals surface area contributed by atoms with Gasteiger partial charge < -0.3 is 5.73 Å². The Morgan fingerprint density at radius 1 is 1.37 bits per heavy atom. The molecule has 0 aliphatic heterocycles. The van der Waals surface area contributed by atoms with E-state index in [1.807, 2.05) is 13.2 Å². The van der Waals surface area contributed by atoms with E-state index in [1.54, 1.807) is 11.8 Å². The molecule has 0 heterocycles. The Labute approximate surface area is 128 Å². The fourth-order valence-electron chi connectivity index (χ4n) is 1.55. The molecule has 0 radical (unpaired) electrons. The Balaban J connectivity index is 3.14. The normalized spacial score (nSPS) is 13.5. The highest BCUT2D eigenvalue weighted by atomic mass is 35.5. The van der Waals surface area contributed by atoms with Crippen LogP contribution >= 0.6 is 35.0 Å². The van der Waals surface area contributed by atoms with E-state index in [1.165, 1.54) is 12.1 Å². The molecule has 1 aromatic carbocycles. The van der Waals surface area contributed by atoms with Crippen LogP contribution in [-0.2, 0) is 10.0 Å². The number of nitrogens with two attached hydrogens (primary N) is 1. The second-order valence-corrected chi connectivity index (χ2v) is 7.37. The topological polar surface area (TPSA) is 72.2 Å². The van der Waals surface area contributed by atoms with Crippen LogP contribution < -0.4 is 10.5 Å². The first-order valence-electron chi connectivity index (χ1n) is 5.57. The molecule has 0 saturated carbocycles. The van der Waals surface area contributed by atoms with Gasteiger partial charge in [-0.25, -0.2) is 13.1 Å². The van der Waals surface area contributed by atoms with E-state index in [2.05, 4.69) is 4.72 Å². The highest BCUT2D eigenvalue weighted by Gasteiger charge is 2.24. The highest BCUT2D eigenvalue weighted by Crippen LogP contribution is 2.31. The smallest absolute Gasteiger partial charge is 0.243 e. The number of nitrogens with one attached hydrogen (secondary N) is 1. The van der Waals surface area contributed by atoms with Crippen LogP contribution in [0.25, 0.3) is 0 Å². The lowest BCUT2D eigenvalue weighted by molar-refractivity contribution is 0.558. The van der Waals surface area contributed by atoms with Crippen molar-refractivity contribution in [3.63, 3.8) is 0 Å². The molecule has 0 saturated heterocycles. The first kappa shape index (κ1) is 16.9. The lowest BCUT2D eigenvalue weighted by Crippen LogP contribution is -2.36. The summed E-state index contributed by atoms with van der Waals surface area (Å²) in [6.07, 6.45) is 2.60. The number of halogens is 2. The maximum absolute atomic E-state index is 12.3. The molecule has 1 atom stereocenters. The molecule has 0 aromatic heterocycles. The number of hydrogen-bond acceptors (Lipinski definition) is 4. The summed E-state index contributed by atoms with van der Waals surface area (Å²) in [6.45, 7) is 1.91. The zero-order valence-corrected chi connectivity index (χ0v) is 13.8. The van der Waals surface area contributed by atoms with Crippen molar-refractivity contribution in [1.29, 1.82) is 0 Å². The predicted molar refractivity (Wildman–Crippen MR) is 83.7 cm³/mol. The number of anilines is 1. The monoisotopic (exact) mass is 342 g/mol. The molecule has 8 heteroatoms. The average Bonchev–Trinajstić information content (AvgIpc) is 2.25. The van der Waals surface area contributed by atoms with Gasteiger partial charge in [0.15, 0.2) is 0 Å². The van der Waals surface area contributed by atoms with Crippen molar-refractivity contribution in [3.8, 4) is 0 Å². The summed E-state index contributed by atoms with van der Waals surface area (Å²) in [4.78, 5) is -0.121. The third-order valence-corrected chi connectivity index (χ3v) is 5.65. The van der Waals surface area contributed by atoms with Crippen molar-refractivity contribution in [2.75, 3.05) is 17.7 Å². The van der Waals surface area contributed by atoms with Crippen molar-refractivity contribution in [2.45, 2.75) is 24.3 Å². The van der Waals surface area contributed by atoms with Gasteiger partial charge in [-0.15, -0.1) is 0 Å². The zero-order valence-electron chi connectivity index (χ0n) is 10.6. The maximum atomic E-state index is 12.3. The second-order valence-electron chi connectivity index (χ2n) is 4.00. The van der Waals surface area contributed by atoms with Gasteiger partial charge in [-0.2, -0.15) is 11.8 Å². The summed E-state index contributed by atoms with van der Waals surface area (Å²) in [5.41, 5.74) is 5.88. The lowest BCUT2D eigenvalue weighted by atomic mass is 10.3. The van der Waals surface area contributed by atoms with Crippen LogP contribution in [0.2, 0.25) is 10.0 Å². The Morgan fingerprint density at radius 3 is 2.32 bits per heavy atom. The van der Waals surface area contributed by atoms with E-state index >= 15 is 0 Å². The molecule has 0 aliphatic rings. The molecular formula is C11H16Cl2N2O2S2. The van der Waals surface area contributed by atoms with Gasteiger partial charge in [0.05, 0.1) is 10.0 Å². The molecule has 1 unspecified atom stereocenters.